The fourth-order valence-corrected chi connectivity index (χ4v) is 4.34. The molecule has 1 unspecified atom stereocenters. The van der Waals surface area contributed by atoms with Crippen LogP contribution in [0.1, 0.15) is 37.1 Å². The molecule has 0 radical (unpaired) electrons. The molecule has 0 bridgehead atoms. The summed E-state index contributed by atoms with van der Waals surface area (Å²) >= 11 is 0. The molecular formula is C26H26N4. The highest BCUT2D eigenvalue weighted by atomic mass is 15.4. The van der Waals surface area contributed by atoms with Gasteiger partial charge in [0.2, 0.25) is 0 Å². The van der Waals surface area contributed by atoms with E-state index in [9.17, 15) is 0 Å². The van der Waals surface area contributed by atoms with Crippen molar-refractivity contribution < 1.29 is 0 Å². The van der Waals surface area contributed by atoms with E-state index in [2.05, 4.69) is 99.3 Å². The van der Waals surface area contributed by atoms with E-state index < -0.39 is 0 Å². The highest BCUT2D eigenvalue weighted by Crippen LogP contribution is 2.31. The first-order valence-electron chi connectivity index (χ1n) is 10.8. The fourth-order valence-electron chi connectivity index (χ4n) is 4.34. The summed E-state index contributed by atoms with van der Waals surface area (Å²) in [6.07, 6.45) is 3.19. The Morgan fingerprint density at radius 1 is 0.833 bits per heavy atom. The van der Waals surface area contributed by atoms with Crippen molar-refractivity contribution in [1.82, 2.24) is 19.6 Å². The summed E-state index contributed by atoms with van der Waals surface area (Å²) in [6.45, 7) is 3.26. The topological polar surface area (TPSA) is 35.6 Å². The van der Waals surface area contributed by atoms with E-state index in [-0.39, 0.29) is 6.04 Å². The number of aromatic nitrogens is 4. The van der Waals surface area contributed by atoms with E-state index in [0.717, 1.165) is 30.4 Å². The molecule has 0 N–H and O–H groups in total. The van der Waals surface area contributed by atoms with E-state index in [4.69, 9.17) is 0 Å². The van der Waals surface area contributed by atoms with E-state index >= 15 is 0 Å². The third-order valence-corrected chi connectivity index (χ3v) is 5.86. The lowest BCUT2D eigenvalue weighted by molar-refractivity contribution is 0.480. The minimum absolute atomic E-state index is 0.0732. The molecule has 0 fully saturated rings. The van der Waals surface area contributed by atoms with Crippen LogP contribution in [0.3, 0.4) is 0 Å². The van der Waals surface area contributed by atoms with Crippen LogP contribution >= 0.6 is 0 Å². The van der Waals surface area contributed by atoms with Gasteiger partial charge in [0.1, 0.15) is 5.52 Å². The maximum atomic E-state index is 4.61. The van der Waals surface area contributed by atoms with Gasteiger partial charge < -0.3 is 4.57 Å². The molecule has 30 heavy (non-hydrogen) atoms. The van der Waals surface area contributed by atoms with Gasteiger partial charge in [-0.3, -0.25) is 0 Å². The van der Waals surface area contributed by atoms with Crippen molar-refractivity contribution in [3.8, 4) is 0 Å². The number of fused-ring (bicyclic) bond motifs is 2. The first-order chi connectivity index (χ1) is 14.8. The summed E-state index contributed by atoms with van der Waals surface area (Å²) in [7, 11) is 0. The minimum Gasteiger partial charge on any atom is -0.343 e. The van der Waals surface area contributed by atoms with Gasteiger partial charge in [0.15, 0.2) is 0 Å². The molecule has 0 amide bonds. The molecule has 0 aliphatic rings. The third-order valence-electron chi connectivity index (χ3n) is 5.86. The second-order valence-electron chi connectivity index (χ2n) is 7.86. The predicted octanol–water partition coefficient (Wildman–Crippen LogP) is 6.02. The van der Waals surface area contributed by atoms with Crippen LogP contribution in [0.4, 0.5) is 0 Å². The maximum absolute atomic E-state index is 4.61. The lowest BCUT2D eigenvalue weighted by Crippen LogP contribution is -2.19. The SMILES string of the molecule is CCCCn1c(C(Cc2ccccc2)n2nnc3ccccc32)cc2ccccc21. The molecule has 5 aromatic rings. The van der Waals surface area contributed by atoms with E-state index in [1.54, 1.807) is 0 Å². The second kappa shape index (κ2) is 8.15. The summed E-state index contributed by atoms with van der Waals surface area (Å²) < 4.78 is 4.60. The van der Waals surface area contributed by atoms with Gasteiger partial charge in [-0.05, 0) is 41.6 Å². The number of hydrogen-bond acceptors (Lipinski definition) is 2. The minimum atomic E-state index is 0.0732. The number of rotatable bonds is 7. The molecular weight excluding hydrogens is 368 g/mol. The Morgan fingerprint density at radius 2 is 1.57 bits per heavy atom. The van der Waals surface area contributed by atoms with Crippen molar-refractivity contribution in [2.24, 2.45) is 0 Å². The number of unbranched alkanes of at least 4 members (excludes halogenated alkanes) is 1. The Morgan fingerprint density at radius 3 is 2.40 bits per heavy atom. The van der Waals surface area contributed by atoms with Gasteiger partial charge in [0, 0.05) is 24.2 Å². The number of nitrogens with zero attached hydrogens (tertiary/aromatic N) is 4. The van der Waals surface area contributed by atoms with Crippen LogP contribution in [0.5, 0.6) is 0 Å². The molecule has 0 aliphatic heterocycles. The molecule has 0 saturated heterocycles. The van der Waals surface area contributed by atoms with E-state index in [1.165, 1.54) is 28.6 Å². The smallest absolute Gasteiger partial charge is 0.113 e. The van der Waals surface area contributed by atoms with Crippen molar-refractivity contribution >= 4 is 21.9 Å². The molecule has 0 spiro atoms. The van der Waals surface area contributed by atoms with Gasteiger partial charge in [0.05, 0.1) is 11.6 Å². The average molecular weight is 395 g/mol. The summed E-state index contributed by atoms with van der Waals surface area (Å²) in [5.74, 6) is 0. The Hall–Kier alpha value is -3.40. The monoisotopic (exact) mass is 394 g/mol. The van der Waals surface area contributed by atoms with Crippen LogP contribution in [0.25, 0.3) is 21.9 Å². The van der Waals surface area contributed by atoms with Crippen LogP contribution in [0.15, 0.2) is 84.9 Å². The number of aryl methyl sites for hydroxylation is 1. The molecule has 4 heteroatoms. The van der Waals surface area contributed by atoms with Crippen LogP contribution in [-0.2, 0) is 13.0 Å². The third kappa shape index (κ3) is 3.39. The van der Waals surface area contributed by atoms with Crippen LogP contribution in [0.2, 0.25) is 0 Å². The Labute approximate surface area is 176 Å². The van der Waals surface area contributed by atoms with Crippen LogP contribution in [-0.4, -0.2) is 19.6 Å². The second-order valence-corrected chi connectivity index (χ2v) is 7.86. The van der Waals surface area contributed by atoms with Crippen molar-refractivity contribution in [2.75, 3.05) is 0 Å². The van der Waals surface area contributed by atoms with Crippen molar-refractivity contribution in [3.63, 3.8) is 0 Å². The van der Waals surface area contributed by atoms with Gasteiger partial charge in [-0.25, -0.2) is 4.68 Å². The van der Waals surface area contributed by atoms with E-state index in [1.807, 2.05) is 12.1 Å². The zero-order chi connectivity index (χ0) is 20.3. The summed E-state index contributed by atoms with van der Waals surface area (Å²) in [4.78, 5) is 0. The van der Waals surface area contributed by atoms with Gasteiger partial charge in [-0.15, -0.1) is 5.10 Å². The molecule has 3 aromatic carbocycles. The molecule has 2 heterocycles. The highest BCUT2D eigenvalue weighted by molar-refractivity contribution is 5.82. The number of para-hydroxylation sites is 2. The largest absolute Gasteiger partial charge is 0.343 e. The van der Waals surface area contributed by atoms with Crippen molar-refractivity contribution in [2.45, 2.75) is 38.8 Å². The molecule has 1 atom stereocenters. The van der Waals surface area contributed by atoms with Crippen molar-refractivity contribution in [1.29, 1.82) is 0 Å². The van der Waals surface area contributed by atoms with Gasteiger partial charge in [-0.2, -0.15) is 0 Å². The first-order valence-corrected chi connectivity index (χ1v) is 10.8. The summed E-state index contributed by atoms with van der Waals surface area (Å²) in [5, 5.41) is 10.4. The van der Waals surface area contributed by atoms with Crippen LogP contribution in [0, 0.1) is 0 Å². The average Bonchev–Trinajstić information content (AvgIpc) is 3.38. The summed E-state index contributed by atoms with van der Waals surface area (Å²) in [6, 6.07) is 30.0. The highest BCUT2D eigenvalue weighted by Gasteiger charge is 2.23. The molecule has 5 rings (SSSR count). The van der Waals surface area contributed by atoms with Gasteiger partial charge in [0.25, 0.3) is 0 Å². The van der Waals surface area contributed by atoms with E-state index in [0.29, 0.717) is 0 Å². The van der Waals surface area contributed by atoms with Crippen molar-refractivity contribution in [3.05, 3.63) is 96.2 Å². The normalized spacial score (nSPS) is 12.6. The van der Waals surface area contributed by atoms with Crippen LogP contribution < -0.4 is 0 Å². The lowest BCUT2D eigenvalue weighted by Gasteiger charge is -2.21. The van der Waals surface area contributed by atoms with Gasteiger partial charge >= 0.3 is 0 Å². The van der Waals surface area contributed by atoms with Gasteiger partial charge in [-0.1, -0.05) is 79.2 Å². The Balaban J connectivity index is 1.70. The number of benzene rings is 3. The molecule has 0 aliphatic carbocycles. The molecule has 0 saturated carbocycles. The first kappa shape index (κ1) is 18.6. The quantitative estimate of drug-likeness (QED) is 0.338. The maximum Gasteiger partial charge on any atom is 0.113 e. The fraction of sp³-hybridized carbons (Fsp3) is 0.231. The Bertz CT molecular complexity index is 1270. The number of hydrogen-bond donors (Lipinski definition) is 0. The molecule has 2 aromatic heterocycles. The predicted molar refractivity (Wildman–Crippen MR) is 123 cm³/mol. The molecule has 4 nitrogen and oxygen atoms in total. The standard InChI is InChI=1S/C26H26N4/c1-2-3-17-29-23-15-9-7-13-21(23)19-25(29)26(18-20-11-5-4-6-12-20)30-24-16-10-8-14-22(24)27-28-30/h4-16,19,26H,2-3,17-18H2,1H3. The zero-order valence-corrected chi connectivity index (χ0v) is 17.3. The zero-order valence-electron chi connectivity index (χ0n) is 17.3. The lowest BCUT2D eigenvalue weighted by atomic mass is 10.0. The Kier molecular flexibility index (Phi) is 5.06. The summed E-state index contributed by atoms with van der Waals surface area (Å²) in [5.41, 5.74) is 5.90. The molecule has 150 valence electrons.